The molecule has 2 heterocycles. The van der Waals surface area contributed by atoms with Crippen LogP contribution in [-0.4, -0.2) is 22.0 Å². The van der Waals surface area contributed by atoms with Gasteiger partial charge in [0.25, 0.3) is 0 Å². The average molecular weight is 315 g/mol. The van der Waals surface area contributed by atoms with Crippen molar-refractivity contribution in [2.75, 3.05) is 11.5 Å². The fourth-order valence-electron chi connectivity index (χ4n) is 2.12. The van der Waals surface area contributed by atoms with Crippen LogP contribution in [0.3, 0.4) is 0 Å². The van der Waals surface area contributed by atoms with E-state index in [2.05, 4.69) is 24.3 Å². The van der Waals surface area contributed by atoms with E-state index in [0.29, 0.717) is 10.5 Å². The summed E-state index contributed by atoms with van der Waals surface area (Å²) in [6, 6.07) is 8.96. The van der Waals surface area contributed by atoms with Gasteiger partial charge in [0.2, 0.25) is 0 Å². The molecule has 2 aliphatic rings. The predicted octanol–water partition coefficient (Wildman–Crippen LogP) is 4.64. The molecule has 0 N–H and O–H groups in total. The molecule has 0 saturated carbocycles. The SMILES string of the molecule is SC(CC1CS1)c1ccc(C(S)CC2CS2)cc1. The molecule has 0 amide bonds. The van der Waals surface area contributed by atoms with Crippen LogP contribution < -0.4 is 0 Å². The Morgan fingerprint density at radius 1 is 0.889 bits per heavy atom. The summed E-state index contributed by atoms with van der Waals surface area (Å²) in [7, 11) is 0. The van der Waals surface area contributed by atoms with Gasteiger partial charge in [0.15, 0.2) is 0 Å². The summed E-state index contributed by atoms with van der Waals surface area (Å²) < 4.78 is 0. The Hall–Kier alpha value is 0.620. The number of rotatable bonds is 6. The number of hydrogen-bond donors (Lipinski definition) is 2. The minimum Gasteiger partial charge on any atom is -0.171 e. The number of thiol groups is 2. The molecular formula is C14H18S4. The van der Waals surface area contributed by atoms with E-state index in [4.69, 9.17) is 25.3 Å². The van der Waals surface area contributed by atoms with Gasteiger partial charge in [0.05, 0.1) is 0 Å². The van der Waals surface area contributed by atoms with Crippen LogP contribution in [0.25, 0.3) is 0 Å². The van der Waals surface area contributed by atoms with Crippen molar-refractivity contribution in [3.05, 3.63) is 35.4 Å². The quantitative estimate of drug-likeness (QED) is 0.580. The van der Waals surface area contributed by atoms with Crippen molar-refractivity contribution in [1.82, 2.24) is 0 Å². The lowest BCUT2D eigenvalue weighted by Gasteiger charge is -2.13. The Balaban J connectivity index is 1.59. The minimum atomic E-state index is 0.399. The third kappa shape index (κ3) is 3.81. The van der Waals surface area contributed by atoms with Gasteiger partial charge in [0.1, 0.15) is 0 Å². The van der Waals surface area contributed by atoms with E-state index >= 15 is 0 Å². The highest BCUT2D eigenvalue weighted by atomic mass is 32.2. The fraction of sp³-hybridized carbons (Fsp3) is 0.571. The molecule has 2 fully saturated rings. The van der Waals surface area contributed by atoms with Gasteiger partial charge in [-0.25, -0.2) is 0 Å². The molecule has 18 heavy (non-hydrogen) atoms. The van der Waals surface area contributed by atoms with Crippen molar-refractivity contribution in [3.63, 3.8) is 0 Å². The van der Waals surface area contributed by atoms with Crippen LogP contribution in [0.2, 0.25) is 0 Å². The van der Waals surface area contributed by atoms with E-state index in [1.54, 1.807) is 0 Å². The van der Waals surface area contributed by atoms with E-state index in [1.165, 1.54) is 35.5 Å². The Morgan fingerprint density at radius 3 is 1.50 bits per heavy atom. The summed E-state index contributed by atoms with van der Waals surface area (Å²) in [6.45, 7) is 0. The molecule has 0 radical (unpaired) electrons. The molecule has 4 unspecified atom stereocenters. The van der Waals surface area contributed by atoms with Gasteiger partial charge in [0, 0.05) is 32.5 Å². The summed E-state index contributed by atoms with van der Waals surface area (Å²) in [5.41, 5.74) is 2.71. The van der Waals surface area contributed by atoms with Gasteiger partial charge < -0.3 is 0 Å². The Labute approximate surface area is 129 Å². The first-order chi connectivity index (χ1) is 8.72. The molecule has 1 aromatic carbocycles. The first-order valence-corrected chi connectivity index (χ1v) is 9.54. The molecule has 4 heteroatoms. The maximum atomic E-state index is 4.71. The van der Waals surface area contributed by atoms with Crippen LogP contribution in [0, 0.1) is 0 Å². The standard InChI is InChI=1S/C14H18S4/c15-13(5-11-7-17-11)9-1-2-10(4-3-9)14(16)6-12-8-18-12/h1-4,11-16H,5-8H2. The first kappa shape index (κ1) is 13.6. The summed E-state index contributed by atoms with van der Waals surface area (Å²) in [5.74, 6) is 2.65. The van der Waals surface area contributed by atoms with Gasteiger partial charge in [-0.15, -0.1) is 0 Å². The lowest BCUT2D eigenvalue weighted by atomic mass is 10.0. The van der Waals surface area contributed by atoms with Crippen LogP contribution in [0.1, 0.15) is 34.5 Å². The van der Waals surface area contributed by atoms with Crippen LogP contribution >= 0.6 is 48.8 Å². The second kappa shape index (κ2) is 5.94. The average Bonchev–Trinajstić information content (AvgIpc) is 3.25. The molecule has 1 aromatic rings. The molecule has 0 nitrogen and oxygen atoms in total. The summed E-state index contributed by atoms with van der Waals surface area (Å²) in [6.07, 6.45) is 2.41. The Morgan fingerprint density at radius 2 is 1.22 bits per heavy atom. The lowest BCUT2D eigenvalue weighted by Crippen LogP contribution is -1.98. The largest absolute Gasteiger partial charge is 0.171 e. The van der Waals surface area contributed by atoms with Gasteiger partial charge in [-0.1, -0.05) is 24.3 Å². The van der Waals surface area contributed by atoms with E-state index < -0.39 is 0 Å². The number of hydrogen-bond acceptors (Lipinski definition) is 4. The smallest absolute Gasteiger partial charge is 0.0277 e. The van der Waals surface area contributed by atoms with Crippen LogP contribution in [0.4, 0.5) is 0 Å². The molecule has 98 valence electrons. The van der Waals surface area contributed by atoms with Crippen molar-refractivity contribution in [2.45, 2.75) is 33.8 Å². The van der Waals surface area contributed by atoms with Gasteiger partial charge in [-0.2, -0.15) is 48.8 Å². The third-order valence-electron chi connectivity index (χ3n) is 3.48. The summed E-state index contributed by atoms with van der Waals surface area (Å²) in [4.78, 5) is 0. The third-order valence-corrected chi connectivity index (χ3v) is 6.50. The van der Waals surface area contributed by atoms with Crippen molar-refractivity contribution < 1.29 is 0 Å². The molecule has 2 saturated heterocycles. The molecule has 2 aliphatic heterocycles. The van der Waals surface area contributed by atoms with E-state index in [0.717, 1.165) is 10.5 Å². The zero-order chi connectivity index (χ0) is 12.5. The molecule has 0 aliphatic carbocycles. The second-order valence-electron chi connectivity index (χ2n) is 5.08. The van der Waals surface area contributed by atoms with E-state index in [1.807, 2.05) is 23.5 Å². The van der Waals surface area contributed by atoms with Gasteiger partial charge in [-0.05, 0) is 24.0 Å². The second-order valence-corrected chi connectivity index (χ2v) is 8.99. The van der Waals surface area contributed by atoms with Crippen molar-refractivity contribution in [1.29, 1.82) is 0 Å². The van der Waals surface area contributed by atoms with E-state index in [-0.39, 0.29) is 0 Å². The summed E-state index contributed by atoms with van der Waals surface area (Å²) in [5, 5.41) is 2.52. The zero-order valence-electron chi connectivity index (χ0n) is 10.2. The highest BCUT2D eigenvalue weighted by molar-refractivity contribution is 8.07. The normalized spacial score (nSPS) is 28.8. The molecule has 3 rings (SSSR count). The molecule has 0 aromatic heterocycles. The highest BCUT2D eigenvalue weighted by Crippen LogP contribution is 2.41. The Kier molecular flexibility index (Phi) is 4.49. The van der Waals surface area contributed by atoms with Crippen LogP contribution in [-0.2, 0) is 0 Å². The molecule has 0 bridgehead atoms. The number of benzene rings is 1. The zero-order valence-corrected chi connectivity index (χ0v) is 13.6. The van der Waals surface area contributed by atoms with Crippen molar-refractivity contribution >= 4 is 48.8 Å². The molecular weight excluding hydrogens is 296 g/mol. The Bertz CT molecular complexity index is 356. The topological polar surface area (TPSA) is 0 Å². The highest BCUT2D eigenvalue weighted by Gasteiger charge is 2.27. The monoisotopic (exact) mass is 314 g/mol. The maximum absolute atomic E-state index is 4.71. The minimum absolute atomic E-state index is 0.399. The number of thioether (sulfide) groups is 2. The first-order valence-electron chi connectivity index (χ1n) is 6.41. The van der Waals surface area contributed by atoms with Crippen LogP contribution in [0.15, 0.2) is 24.3 Å². The van der Waals surface area contributed by atoms with Crippen LogP contribution in [0.5, 0.6) is 0 Å². The van der Waals surface area contributed by atoms with E-state index in [9.17, 15) is 0 Å². The lowest BCUT2D eigenvalue weighted by molar-refractivity contribution is 0.831. The maximum Gasteiger partial charge on any atom is 0.0277 e. The van der Waals surface area contributed by atoms with Crippen molar-refractivity contribution in [2.24, 2.45) is 0 Å². The summed E-state index contributed by atoms with van der Waals surface area (Å²) >= 11 is 13.5. The van der Waals surface area contributed by atoms with Gasteiger partial charge >= 0.3 is 0 Å². The molecule has 0 spiro atoms. The fourth-order valence-corrected chi connectivity index (χ4v) is 4.46. The van der Waals surface area contributed by atoms with Crippen molar-refractivity contribution in [3.8, 4) is 0 Å². The predicted molar refractivity (Wildman–Crippen MR) is 91.6 cm³/mol. The molecule has 4 atom stereocenters. The van der Waals surface area contributed by atoms with Gasteiger partial charge in [-0.3, -0.25) is 0 Å².